The number of dihydropyridines is 1. The Morgan fingerprint density at radius 1 is 1.33 bits per heavy atom. The molecule has 1 aromatic heterocycles. The maximum Gasteiger partial charge on any atom is 0.352 e. The molecule has 3 rings (SSSR count). The quantitative estimate of drug-likeness (QED) is 0.834. The van der Waals surface area contributed by atoms with Gasteiger partial charge < -0.3 is 5.32 Å². The predicted molar refractivity (Wildman–Crippen MR) is 89.9 cm³/mol. The molecule has 24 heavy (non-hydrogen) atoms. The summed E-state index contributed by atoms with van der Waals surface area (Å²) in [7, 11) is 0. The van der Waals surface area contributed by atoms with E-state index in [-0.39, 0.29) is 24.8 Å². The van der Waals surface area contributed by atoms with Crippen molar-refractivity contribution in [3.8, 4) is 0 Å². The molecule has 2 aliphatic rings. The lowest BCUT2D eigenvalue weighted by Crippen LogP contribution is -2.48. The van der Waals surface area contributed by atoms with E-state index in [0.29, 0.717) is 10.0 Å². The number of carbonyl (C=O) groups is 3. The van der Waals surface area contributed by atoms with Crippen molar-refractivity contribution in [3.05, 3.63) is 40.6 Å². The van der Waals surface area contributed by atoms with Gasteiger partial charge in [-0.15, -0.1) is 0 Å². The van der Waals surface area contributed by atoms with Gasteiger partial charge in [0.25, 0.3) is 5.91 Å². The van der Waals surface area contributed by atoms with E-state index in [1.165, 1.54) is 12.4 Å². The van der Waals surface area contributed by atoms with Crippen LogP contribution in [0, 0.1) is 5.92 Å². The predicted octanol–water partition coefficient (Wildman–Crippen LogP) is 1.19. The van der Waals surface area contributed by atoms with E-state index in [9.17, 15) is 14.4 Å². The highest BCUT2D eigenvalue weighted by Gasteiger charge is 2.36. The Balaban J connectivity index is 1.61. The lowest BCUT2D eigenvalue weighted by atomic mass is 10.0. The van der Waals surface area contributed by atoms with E-state index in [0.717, 1.165) is 4.90 Å². The van der Waals surface area contributed by atoms with Crippen LogP contribution in [0.3, 0.4) is 0 Å². The summed E-state index contributed by atoms with van der Waals surface area (Å²) in [6, 6.07) is 0.957. The average molecular weight is 390 g/mol. The lowest BCUT2D eigenvalue weighted by Gasteiger charge is -2.27. The molecule has 0 aromatic carbocycles. The van der Waals surface area contributed by atoms with Crippen LogP contribution in [0.1, 0.15) is 10.4 Å². The molecule has 3 heterocycles. The second kappa shape index (κ2) is 6.83. The van der Waals surface area contributed by atoms with Crippen LogP contribution >= 0.6 is 15.9 Å². The second-order valence-electron chi connectivity index (χ2n) is 5.03. The SMILES string of the molecule is O=C(NCCN1C(=O)N=C2N=CC=CC2C1=O)c1cncc(Br)c1. The molecule has 1 atom stereocenters. The fourth-order valence-corrected chi connectivity index (χ4v) is 2.65. The molecule has 0 spiro atoms. The topological polar surface area (TPSA) is 104 Å². The molecule has 1 unspecified atom stereocenters. The number of aliphatic imine (C=N–C) groups is 2. The van der Waals surface area contributed by atoms with E-state index in [2.05, 4.69) is 36.2 Å². The first-order valence-corrected chi connectivity index (χ1v) is 7.89. The number of aromatic nitrogens is 1. The van der Waals surface area contributed by atoms with Gasteiger partial charge in [-0.2, -0.15) is 4.99 Å². The van der Waals surface area contributed by atoms with Crippen LogP contribution in [0.2, 0.25) is 0 Å². The zero-order chi connectivity index (χ0) is 17.1. The molecule has 9 heteroatoms. The monoisotopic (exact) mass is 389 g/mol. The number of hydrogen-bond acceptors (Lipinski definition) is 5. The molecule has 0 saturated carbocycles. The van der Waals surface area contributed by atoms with E-state index in [1.807, 2.05) is 0 Å². The Kier molecular flexibility index (Phi) is 4.61. The summed E-state index contributed by atoms with van der Waals surface area (Å²) in [5.41, 5.74) is 0.380. The molecule has 122 valence electrons. The van der Waals surface area contributed by atoms with Crippen LogP contribution in [-0.2, 0) is 4.79 Å². The van der Waals surface area contributed by atoms with Gasteiger partial charge in [0, 0.05) is 36.2 Å². The number of halogens is 1. The number of carbonyl (C=O) groups excluding carboxylic acids is 3. The molecule has 0 radical (unpaired) electrons. The molecule has 1 N–H and O–H groups in total. The third-order valence-electron chi connectivity index (χ3n) is 3.44. The van der Waals surface area contributed by atoms with Crippen molar-refractivity contribution < 1.29 is 14.4 Å². The second-order valence-corrected chi connectivity index (χ2v) is 5.95. The Morgan fingerprint density at radius 3 is 2.96 bits per heavy atom. The van der Waals surface area contributed by atoms with Crippen LogP contribution in [0.4, 0.5) is 4.79 Å². The number of pyridine rings is 1. The number of nitrogens with one attached hydrogen (secondary N) is 1. The van der Waals surface area contributed by atoms with Crippen molar-refractivity contribution >= 4 is 45.8 Å². The zero-order valence-electron chi connectivity index (χ0n) is 12.3. The van der Waals surface area contributed by atoms with Crippen molar-refractivity contribution in [2.45, 2.75) is 0 Å². The number of urea groups is 1. The summed E-state index contributed by atoms with van der Waals surface area (Å²) in [6.45, 7) is 0.156. The molecule has 0 fully saturated rings. The molecule has 4 amide bonds. The van der Waals surface area contributed by atoms with Gasteiger partial charge in [0.05, 0.1) is 5.56 Å². The molecule has 0 aliphatic carbocycles. The van der Waals surface area contributed by atoms with Crippen molar-refractivity contribution in [1.82, 2.24) is 15.2 Å². The molecule has 2 aliphatic heterocycles. The number of rotatable bonds is 4. The fraction of sp³-hybridized carbons (Fsp3) is 0.200. The number of imide groups is 1. The highest BCUT2D eigenvalue weighted by Crippen LogP contribution is 2.18. The number of amides is 4. The van der Waals surface area contributed by atoms with Gasteiger partial charge in [0.15, 0.2) is 0 Å². The van der Waals surface area contributed by atoms with Gasteiger partial charge in [-0.1, -0.05) is 6.08 Å². The van der Waals surface area contributed by atoms with Crippen LogP contribution < -0.4 is 5.32 Å². The number of amidine groups is 1. The van der Waals surface area contributed by atoms with E-state index < -0.39 is 17.9 Å². The molecular weight excluding hydrogens is 378 g/mol. The van der Waals surface area contributed by atoms with Crippen LogP contribution in [0.15, 0.2) is 45.1 Å². The van der Waals surface area contributed by atoms with Gasteiger partial charge in [-0.05, 0) is 28.1 Å². The highest BCUT2D eigenvalue weighted by atomic mass is 79.9. The van der Waals surface area contributed by atoms with E-state index in [1.54, 1.807) is 24.4 Å². The smallest absolute Gasteiger partial charge is 0.350 e. The number of fused-ring (bicyclic) bond motifs is 1. The van der Waals surface area contributed by atoms with Crippen LogP contribution in [0.5, 0.6) is 0 Å². The summed E-state index contributed by atoms with van der Waals surface area (Å²) in [4.78, 5) is 48.9. The summed E-state index contributed by atoms with van der Waals surface area (Å²) in [6.07, 6.45) is 7.76. The Morgan fingerprint density at radius 2 is 2.17 bits per heavy atom. The van der Waals surface area contributed by atoms with Crippen molar-refractivity contribution in [3.63, 3.8) is 0 Å². The van der Waals surface area contributed by atoms with Crippen molar-refractivity contribution in [2.24, 2.45) is 15.9 Å². The minimum Gasteiger partial charge on any atom is -0.350 e. The summed E-state index contributed by atoms with van der Waals surface area (Å²) < 4.78 is 0.683. The summed E-state index contributed by atoms with van der Waals surface area (Å²) in [5, 5.41) is 2.64. The van der Waals surface area contributed by atoms with Crippen LogP contribution in [-0.4, -0.2) is 52.9 Å². The Labute approximate surface area is 145 Å². The first-order valence-electron chi connectivity index (χ1n) is 7.10. The molecule has 1 aromatic rings. The van der Waals surface area contributed by atoms with Crippen molar-refractivity contribution in [1.29, 1.82) is 0 Å². The first-order chi connectivity index (χ1) is 11.6. The fourth-order valence-electron chi connectivity index (χ4n) is 2.28. The standard InChI is InChI=1S/C15H12BrN5O3/c16-10-6-9(7-17-8-10)13(22)19-4-5-21-14(23)11-2-1-3-18-12(11)20-15(21)24/h1-3,6-8,11H,4-5H2,(H,19,22). The largest absolute Gasteiger partial charge is 0.352 e. The third-order valence-corrected chi connectivity index (χ3v) is 3.87. The van der Waals surface area contributed by atoms with Crippen LogP contribution in [0.25, 0.3) is 0 Å². The highest BCUT2D eigenvalue weighted by molar-refractivity contribution is 9.10. The minimum absolute atomic E-state index is 0.0374. The van der Waals surface area contributed by atoms with Gasteiger partial charge in [-0.3, -0.25) is 19.5 Å². The van der Waals surface area contributed by atoms with Gasteiger partial charge >= 0.3 is 6.03 Å². The number of hydrogen-bond donors (Lipinski definition) is 1. The maximum atomic E-state index is 12.3. The third kappa shape index (κ3) is 3.30. The molecule has 0 saturated heterocycles. The summed E-state index contributed by atoms with van der Waals surface area (Å²) in [5.74, 6) is -1.17. The van der Waals surface area contributed by atoms with Gasteiger partial charge in [0.1, 0.15) is 11.8 Å². The number of allylic oxidation sites excluding steroid dienone is 1. The van der Waals surface area contributed by atoms with Gasteiger partial charge in [0.2, 0.25) is 5.91 Å². The molecular formula is C15H12BrN5O3. The first kappa shape index (κ1) is 16.2. The normalized spacial score (nSPS) is 19.1. The Hall–Kier alpha value is -2.68. The number of nitrogens with zero attached hydrogens (tertiary/aromatic N) is 4. The molecule has 8 nitrogen and oxygen atoms in total. The molecule has 0 bridgehead atoms. The average Bonchev–Trinajstić information content (AvgIpc) is 2.57. The van der Waals surface area contributed by atoms with E-state index >= 15 is 0 Å². The van der Waals surface area contributed by atoms with E-state index in [4.69, 9.17) is 0 Å². The Bertz CT molecular complexity index is 802. The van der Waals surface area contributed by atoms with Crippen molar-refractivity contribution in [2.75, 3.05) is 13.1 Å². The lowest BCUT2D eigenvalue weighted by molar-refractivity contribution is -0.129. The maximum absolute atomic E-state index is 12.3. The zero-order valence-corrected chi connectivity index (χ0v) is 13.9. The minimum atomic E-state index is -0.669. The van der Waals surface area contributed by atoms with Gasteiger partial charge in [-0.25, -0.2) is 9.79 Å². The summed E-state index contributed by atoms with van der Waals surface area (Å²) >= 11 is 3.24.